The summed E-state index contributed by atoms with van der Waals surface area (Å²) >= 11 is 3.47. The molecule has 0 atom stereocenters. The van der Waals surface area contributed by atoms with Crippen molar-refractivity contribution in [3.8, 4) is 17.0 Å². The number of anilines is 1. The standard InChI is InChI=1S/C13H14BrN3O/c1-18-12-5-2-8(14)6-10(12)11-7-13(17-16-11)15-9-3-4-9/h2,5-7,9H,3-4H2,1H3,(H2,15,16,17). The van der Waals surface area contributed by atoms with Gasteiger partial charge in [-0.25, -0.2) is 0 Å². The molecule has 1 fully saturated rings. The SMILES string of the molecule is COc1ccc(Br)cc1-c1cc(NC2CC2)n[nH]1. The average Bonchev–Trinajstić information content (AvgIpc) is 3.05. The van der Waals surface area contributed by atoms with Crippen LogP contribution in [0, 0.1) is 0 Å². The van der Waals surface area contributed by atoms with Gasteiger partial charge in [0.25, 0.3) is 0 Å². The number of nitrogens with one attached hydrogen (secondary N) is 2. The van der Waals surface area contributed by atoms with Gasteiger partial charge in [0.05, 0.1) is 12.8 Å². The van der Waals surface area contributed by atoms with E-state index in [2.05, 4.69) is 31.4 Å². The van der Waals surface area contributed by atoms with Gasteiger partial charge in [0.15, 0.2) is 0 Å². The Kier molecular flexibility index (Phi) is 2.99. The van der Waals surface area contributed by atoms with Crippen molar-refractivity contribution in [3.63, 3.8) is 0 Å². The minimum atomic E-state index is 0.602. The van der Waals surface area contributed by atoms with Crippen molar-refractivity contribution >= 4 is 21.7 Å². The summed E-state index contributed by atoms with van der Waals surface area (Å²) in [7, 11) is 1.67. The molecule has 5 heteroatoms. The van der Waals surface area contributed by atoms with E-state index in [1.54, 1.807) is 7.11 Å². The fourth-order valence-corrected chi connectivity index (χ4v) is 2.22. The van der Waals surface area contributed by atoms with Gasteiger partial charge in [-0.1, -0.05) is 15.9 Å². The third-order valence-electron chi connectivity index (χ3n) is 2.96. The molecule has 3 rings (SSSR count). The normalized spacial score (nSPS) is 14.6. The van der Waals surface area contributed by atoms with Gasteiger partial charge in [0.2, 0.25) is 0 Å². The number of rotatable bonds is 4. The van der Waals surface area contributed by atoms with Crippen molar-refractivity contribution < 1.29 is 4.74 Å². The minimum absolute atomic E-state index is 0.602. The Morgan fingerprint density at radius 3 is 2.94 bits per heavy atom. The molecule has 1 aliphatic rings. The minimum Gasteiger partial charge on any atom is -0.496 e. The number of halogens is 1. The van der Waals surface area contributed by atoms with E-state index in [-0.39, 0.29) is 0 Å². The molecule has 2 aromatic rings. The van der Waals surface area contributed by atoms with Crippen molar-refractivity contribution in [2.24, 2.45) is 0 Å². The second-order valence-electron chi connectivity index (χ2n) is 4.43. The van der Waals surface area contributed by atoms with Crippen molar-refractivity contribution in [1.29, 1.82) is 0 Å². The monoisotopic (exact) mass is 307 g/mol. The van der Waals surface area contributed by atoms with Crippen molar-refractivity contribution in [2.45, 2.75) is 18.9 Å². The fraction of sp³-hybridized carbons (Fsp3) is 0.308. The van der Waals surface area contributed by atoms with Gasteiger partial charge in [0.1, 0.15) is 11.6 Å². The Bertz CT molecular complexity index is 563. The zero-order valence-corrected chi connectivity index (χ0v) is 11.6. The number of methoxy groups -OCH3 is 1. The molecule has 1 saturated carbocycles. The lowest BCUT2D eigenvalue weighted by molar-refractivity contribution is 0.416. The number of H-pyrrole nitrogens is 1. The topological polar surface area (TPSA) is 49.9 Å². The van der Waals surface area contributed by atoms with E-state index in [0.29, 0.717) is 6.04 Å². The van der Waals surface area contributed by atoms with E-state index in [9.17, 15) is 0 Å². The van der Waals surface area contributed by atoms with Gasteiger partial charge in [0, 0.05) is 22.1 Å². The summed E-state index contributed by atoms with van der Waals surface area (Å²) in [5.41, 5.74) is 1.96. The first kappa shape index (κ1) is 11.6. The average molecular weight is 308 g/mol. The molecular formula is C13H14BrN3O. The number of aromatic amines is 1. The molecule has 94 valence electrons. The Hall–Kier alpha value is -1.49. The number of benzene rings is 1. The van der Waals surface area contributed by atoms with E-state index in [1.165, 1.54) is 12.8 Å². The quantitative estimate of drug-likeness (QED) is 0.910. The Morgan fingerprint density at radius 2 is 2.22 bits per heavy atom. The van der Waals surface area contributed by atoms with Crippen molar-refractivity contribution in [2.75, 3.05) is 12.4 Å². The van der Waals surface area contributed by atoms with Gasteiger partial charge in [-0.2, -0.15) is 5.10 Å². The largest absolute Gasteiger partial charge is 0.496 e. The van der Waals surface area contributed by atoms with Crippen LogP contribution in [-0.4, -0.2) is 23.3 Å². The van der Waals surface area contributed by atoms with Crippen LogP contribution in [0.25, 0.3) is 11.3 Å². The highest BCUT2D eigenvalue weighted by atomic mass is 79.9. The van der Waals surface area contributed by atoms with Crippen LogP contribution in [0.1, 0.15) is 12.8 Å². The van der Waals surface area contributed by atoms with E-state index in [4.69, 9.17) is 4.74 Å². The number of hydrogen-bond donors (Lipinski definition) is 2. The van der Waals surface area contributed by atoms with Crippen LogP contribution in [-0.2, 0) is 0 Å². The van der Waals surface area contributed by atoms with Crippen LogP contribution in [0.2, 0.25) is 0 Å². The number of nitrogens with zero attached hydrogens (tertiary/aromatic N) is 1. The summed E-state index contributed by atoms with van der Waals surface area (Å²) in [4.78, 5) is 0. The zero-order valence-electron chi connectivity index (χ0n) is 10.0. The van der Waals surface area contributed by atoms with E-state index in [0.717, 1.165) is 27.3 Å². The van der Waals surface area contributed by atoms with Gasteiger partial charge in [-0.05, 0) is 31.0 Å². The highest BCUT2D eigenvalue weighted by molar-refractivity contribution is 9.10. The third-order valence-corrected chi connectivity index (χ3v) is 3.45. The fourth-order valence-electron chi connectivity index (χ4n) is 1.86. The van der Waals surface area contributed by atoms with E-state index >= 15 is 0 Å². The lowest BCUT2D eigenvalue weighted by Crippen LogP contribution is -2.00. The maximum Gasteiger partial charge on any atom is 0.148 e. The molecule has 1 aliphatic carbocycles. The van der Waals surface area contributed by atoms with Crippen LogP contribution in [0.5, 0.6) is 5.75 Å². The van der Waals surface area contributed by atoms with E-state index in [1.807, 2.05) is 24.3 Å². The molecule has 0 spiro atoms. The number of ether oxygens (including phenoxy) is 1. The first-order valence-corrected chi connectivity index (χ1v) is 6.71. The predicted octanol–water partition coefficient (Wildman–Crippen LogP) is 3.42. The molecule has 18 heavy (non-hydrogen) atoms. The van der Waals surface area contributed by atoms with Crippen LogP contribution < -0.4 is 10.1 Å². The zero-order chi connectivity index (χ0) is 12.5. The first-order valence-electron chi connectivity index (χ1n) is 5.92. The molecule has 0 saturated heterocycles. The Balaban J connectivity index is 1.92. The summed E-state index contributed by atoms with van der Waals surface area (Å²) in [6.07, 6.45) is 2.48. The smallest absolute Gasteiger partial charge is 0.148 e. The summed E-state index contributed by atoms with van der Waals surface area (Å²) in [5, 5.41) is 10.7. The Morgan fingerprint density at radius 1 is 1.39 bits per heavy atom. The Labute approximate surface area is 114 Å². The second kappa shape index (κ2) is 4.65. The van der Waals surface area contributed by atoms with Gasteiger partial charge >= 0.3 is 0 Å². The second-order valence-corrected chi connectivity index (χ2v) is 5.35. The van der Waals surface area contributed by atoms with Crippen LogP contribution in [0.3, 0.4) is 0 Å². The molecule has 0 amide bonds. The molecule has 1 heterocycles. The number of hydrogen-bond acceptors (Lipinski definition) is 3. The molecule has 0 bridgehead atoms. The molecule has 2 N–H and O–H groups in total. The van der Waals surface area contributed by atoms with Crippen molar-refractivity contribution in [1.82, 2.24) is 10.2 Å². The summed E-state index contributed by atoms with van der Waals surface area (Å²) in [6.45, 7) is 0. The summed E-state index contributed by atoms with van der Waals surface area (Å²) in [6, 6.07) is 8.54. The summed E-state index contributed by atoms with van der Waals surface area (Å²) in [5.74, 6) is 1.73. The number of aromatic nitrogens is 2. The van der Waals surface area contributed by atoms with Gasteiger partial charge in [-0.15, -0.1) is 0 Å². The van der Waals surface area contributed by atoms with Gasteiger partial charge in [-0.3, -0.25) is 5.10 Å². The third kappa shape index (κ3) is 2.36. The molecule has 4 nitrogen and oxygen atoms in total. The molecule has 1 aromatic carbocycles. The lowest BCUT2D eigenvalue weighted by atomic mass is 10.1. The van der Waals surface area contributed by atoms with E-state index < -0.39 is 0 Å². The van der Waals surface area contributed by atoms with Crippen molar-refractivity contribution in [3.05, 3.63) is 28.7 Å². The molecular weight excluding hydrogens is 294 g/mol. The first-order chi connectivity index (χ1) is 8.76. The maximum atomic E-state index is 5.37. The molecule has 0 aliphatic heterocycles. The molecule has 0 radical (unpaired) electrons. The van der Waals surface area contributed by atoms with Crippen LogP contribution in [0.15, 0.2) is 28.7 Å². The van der Waals surface area contributed by atoms with Crippen LogP contribution in [0.4, 0.5) is 5.82 Å². The highest BCUT2D eigenvalue weighted by Crippen LogP contribution is 2.33. The van der Waals surface area contributed by atoms with Crippen LogP contribution >= 0.6 is 15.9 Å². The predicted molar refractivity (Wildman–Crippen MR) is 74.9 cm³/mol. The molecule has 0 unspecified atom stereocenters. The summed E-state index contributed by atoms with van der Waals surface area (Å²) < 4.78 is 6.39. The lowest BCUT2D eigenvalue weighted by Gasteiger charge is -2.06. The highest BCUT2D eigenvalue weighted by Gasteiger charge is 2.22. The molecule has 1 aromatic heterocycles. The van der Waals surface area contributed by atoms with Gasteiger partial charge < -0.3 is 10.1 Å². The maximum absolute atomic E-state index is 5.37.